The zero-order valence-corrected chi connectivity index (χ0v) is 11.6. The van der Waals surface area contributed by atoms with Crippen LogP contribution in [0.15, 0.2) is 24.3 Å². The Kier molecular flexibility index (Phi) is 3.34. The molecule has 2 aromatic rings. The lowest BCUT2D eigenvalue weighted by molar-refractivity contribution is 0.672. The molecule has 100 valence electrons. The molecule has 0 saturated heterocycles. The summed E-state index contributed by atoms with van der Waals surface area (Å²) in [6, 6.07) is 8.79. The highest BCUT2D eigenvalue weighted by atomic mass is 15.2. The first-order chi connectivity index (χ1) is 9.24. The van der Waals surface area contributed by atoms with Gasteiger partial charge in [0.15, 0.2) is 5.82 Å². The fourth-order valence-electron chi connectivity index (χ4n) is 2.27. The van der Waals surface area contributed by atoms with Gasteiger partial charge >= 0.3 is 0 Å². The molecule has 0 radical (unpaired) electrons. The van der Waals surface area contributed by atoms with Crippen molar-refractivity contribution in [3.05, 3.63) is 30.0 Å². The number of benzene rings is 1. The zero-order chi connectivity index (χ0) is 13.2. The van der Waals surface area contributed by atoms with Crippen LogP contribution in [0.5, 0.6) is 0 Å². The maximum atomic E-state index is 4.72. The molecule has 4 nitrogen and oxygen atoms in total. The molecule has 0 bridgehead atoms. The number of rotatable bonds is 5. The first-order valence-corrected chi connectivity index (χ1v) is 6.92. The van der Waals surface area contributed by atoms with Crippen molar-refractivity contribution in [2.75, 3.05) is 25.0 Å². The quantitative estimate of drug-likeness (QED) is 0.889. The van der Waals surface area contributed by atoms with Crippen molar-refractivity contribution in [2.45, 2.75) is 25.8 Å². The first kappa shape index (κ1) is 12.4. The number of nitrogens with one attached hydrogen (secondary N) is 1. The molecule has 0 aliphatic heterocycles. The Morgan fingerprint density at radius 2 is 1.89 bits per heavy atom. The molecule has 1 fully saturated rings. The minimum absolute atomic E-state index is 0.761. The average Bonchev–Trinajstić information content (AvgIpc) is 3.22. The van der Waals surface area contributed by atoms with Gasteiger partial charge in [-0.1, -0.05) is 12.1 Å². The number of hydrogen-bond donors (Lipinski definition) is 1. The van der Waals surface area contributed by atoms with Crippen molar-refractivity contribution >= 4 is 16.9 Å². The second-order valence-electron chi connectivity index (χ2n) is 5.27. The molecule has 1 aliphatic rings. The molecule has 0 spiro atoms. The van der Waals surface area contributed by atoms with Gasteiger partial charge in [-0.15, -0.1) is 0 Å². The van der Waals surface area contributed by atoms with Gasteiger partial charge in [-0.05, 0) is 31.9 Å². The van der Waals surface area contributed by atoms with Crippen molar-refractivity contribution in [3.63, 3.8) is 0 Å². The Bertz CT molecular complexity index is 577. The van der Waals surface area contributed by atoms with Gasteiger partial charge in [0.05, 0.1) is 16.7 Å². The topological polar surface area (TPSA) is 41.1 Å². The number of anilines is 1. The van der Waals surface area contributed by atoms with E-state index in [0.717, 1.165) is 41.7 Å². The Balaban J connectivity index is 1.75. The molecule has 0 amide bonds. The second kappa shape index (κ2) is 5.13. The molecule has 0 atom stereocenters. The molecule has 0 unspecified atom stereocenters. The lowest BCUT2D eigenvalue weighted by Gasteiger charge is -2.20. The van der Waals surface area contributed by atoms with Gasteiger partial charge in [0, 0.05) is 26.2 Å². The maximum absolute atomic E-state index is 4.72. The summed E-state index contributed by atoms with van der Waals surface area (Å²) in [7, 11) is 2.08. The normalized spacial score (nSPS) is 14.8. The lowest BCUT2D eigenvalue weighted by atomic mass is 10.3. The largest absolute Gasteiger partial charge is 0.357 e. The van der Waals surface area contributed by atoms with Gasteiger partial charge in [0.1, 0.15) is 0 Å². The number of hydrogen-bond acceptors (Lipinski definition) is 4. The van der Waals surface area contributed by atoms with E-state index < -0.39 is 0 Å². The third-order valence-corrected chi connectivity index (χ3v) is 3.54. The van der Waals surface area contributed by atoms with Gasteiger partial charge in [-0.3, -0.25) is 0 Å². The van der Waals surface area contributed by atoms with Gasteiger partial charge in [0.2, 0.25) is 0 Å². The number of aromatic nitrogens is 2. The monoisotopic (exact) mass is 256 g/mol. The summed E-state index contributed by atoms with van der Waals surface area (Å²) in [5, 5.41) is 3.52. The van der Waals surface area contributed by atoms with Gasteiger partial charge in [-0.2, -0.15) is 0 Å². The van der Waals surface area contributed by atoms with Crippen LogP contribution >= 0.6 is 0 Å². The molecule has 3 rings (SSSR count). The van der Waals surface area contributed by atoms with E-state index in [0.29, 0.717) is 0 Å². The van der Waals surface area contributed by atoms with Crippen molar-refractivity contribution < 1.29 is 0 Å². The van der Waals surface area contributed by atoms with Gasteiger partial charge in [0.25, 0.3) is 0 Å². The van der Waals surface area contributed by atoms with Crippen LogP contribution in [0, 0.1) is 6.92 Å². The van der Waals surface area contributed by atoms with E-state index in [4.69, 9.17) is 4.98 Å². The fraction of sp³-hybridized carbons (Fsp3) is 0.467. The predicted octanol–water partition coefficient (Wildman–Crippen LogP) is 2.13. The molecular weight excluding hydrogens is 236 g/mol. The number of likely N-dealkylation sites (N-methyl/N-ethyl adjacent to an activating group) is 1. The molecule has 1 aliphatic carbocycles. The van der Waals surface area contributed by atoms with Gasteiger partial charge < -0.3 is 10.2 Å². The van der Waals surface area contributed by atoms with Crippen molar-refractivity contribution in [2.24, 2.45) is 0 Å². The standard InChI is InChI=1S/C15H20N4/c1-11-15(19(2)10-9-16-12-7-8-12)18-14-6-4-3-5-13(14)17-11/h3-6,12,16H,7-10H2,1-2H3. The summed E-state index contributed by atoms with van der Waals surface area (Å²) in [6.07, 6.45) is 2.66. The number of nitrogens with zero attached hydrogens (tertiary/aromatic N) is 3. The van der Waals surface area contributed by atoms with Crippen LogP contribution in [0.3, 0.4) is 0 Å². The fourth-order valence-corrected chi connectivity index (χ4v) is 2.27. The summed E-state index contributed by atoms with van der Waals surface area (Å²) in [5.41, 5.74) is 2.92. The highest BCUT2D eigenvalue weighted by molar-refractivity contribution is 5.76. The molecule has 19 heavy (non-hydrogen) atoms. The first-order valence-electron chi connectivity index (χ1n) is 6.92. The zero-order valence-electron chi connectivity index (χ0n) is 11.6. The van der Waals surface area contributed by atoms with Crippen molar-refractivity contribution in [1.29, 1.82) is 0 Å². The van der Waals surface area contributed by atoms with E-state index in [9.17, 15) is 0 Å². The van der Waals surface area contributed by atoms with E-state index in [-0.39, 0.29) is 0 Å². The third kappa shape index (κ3) is 2.84. The molecule has 1 aromatic carbocycles. The van der Waals surface area contributed by atoms with E-state index in [1.165, 1.54) is 12.8 Å². The van der Waals surface area contributed by atoms with Crippen molar-refractivity contribution in [3.8, 4) is 0 Å². The summed E-state index contributed by atoms with van der Waals surface area (Å²) in [4.78, 5) is 11.5. The van der Waals surface area contributed by atoms with Crippen LogP contribution < -0.4 is 10.2 Å². The summed E-state index contributed by atoms with van der Waals surface area (Å²) < 4.78 is 0. The highest BCUT2D eigenvalue weighted by Crippen LogP contribution is 2.20. The average molecular weight is 256 g/mol. The number of para-hydroxylation sites is 2. The predicted molar refractivity (Wildman–Crippen MR) is 78.6 cm³/mol. The summed E-state index contributed by atoms with van der Waals surface area (Å²) in [6.45, 7) is 4.00. The number of aryl methyl sites for hydroxylation is 1. The van der Waals surface area contributed by atoms with E-state index in [1.807, 2.05) is 31.2 Å². The van der Waals surface area contributed by atoms with Crippen LogP contribution in [0.2, 0.25) is 0 Å². The van der Waals surface area contributed by atoms with Crippen LogP contribution in [0.4, 0.5) is 5.82 Å². The summed E-state index contributed by atoms with van der Waals surface area (Å²) >= 11 is 0. The summed E-state index contributed by atoms with van der Waals surface area (Å²) in [5.74, 6) is 0.983. The number of fused-ring (bicyclic) bond motifs is 1. The minimum Gasteiger partial charge on any atom is -0.357 e. The second-order valence-corrected chi connectivity index (χ2v) is 5.27. The van der Waals surface area contributed by atoms with E-state index in [1.54, 1.807) is 0 Å². The van der Waals surface area contributed by atoms with E-state index in [2.05, 4.69) is 22.2 Å². The molecular formula is C15H20N4. The molecule has 1 heterocycles. The van der Waals surface area contributed by atoms with E-state index >= 15 is 0 Å². The molecule has 4 heteroatoms. The Morgan fingerprint density at radius 1 is 1.21 bits per heavy atom. The lowest BCUT2D eigenvalue weighted by Crippen LogP contribution is -2.31. The maximum Gasteiger partial charge on any atom is 0.150 e. The van der Waals surface area contributed by atoms with Crippen LogP contribution in [0.1, 0.15) is 18.5 Å². The van der Waals surface area contributed by atoms with Crippen LogP contribution in [0.25, 0.3) is 11.0 Å². The third-order valence-electron chi connectivity index (χ3n) is 3.54. The molecule has 1 saturated carbocycles. The Morgan fingerprint density at radius 3 is 2.58 bits per heavy atom. The van der Waals surface area contributed by atoms with Crippen LogP contribution in [-0.2, 0) is 0 Å². The Labute approximate surface area is 113 Å². The Hall–Kier alpha value is -1.68. The van der Waals surface area contributed by atoms with Crippen LogP contribution in [-0.4, -0.2) is 36.1 Å². The van der Waals surface area contributed by atoms with Gasteiger partial charge in [-0.25, -0.2) is 9.97 Å². The highest BCUT2D eigenvalue weighted by Gasteiger charge is 2.20. The smallest absolute Gasteiger partial charge is 0.150 e. The van der Waals surface area contributed by atoms with Crippen molar-refractivity contribution in [1.82, 2.24) is 15.3 Å². The minimum atomic E-state index is 0.761. The SMILES string of the molecule is Cc1nc2ccccc2nc1N(C)CCNC1CC1. The molecule has 1 N–H and O–H groups in total. The molecule has 1 aromatic heterocycles.